The molecular formula is C12H13NO. The Morgan fingerprint density at radius 2 is 2.36 bits per heavy atom. The van der Waals surface area contributed by atoms with Crippen molar-refractivity contribution in [2.45, 2.75) is 13.3 Å². The maximum atomic E-state index is 8.64. The maximum absolute atomic E-state index is 8.64. The van der Waals surface area contributed by atoms with E-state index < -0.39 is 0 Å². The number of ether oxygens (including phenoxy) is 1. The third-order valence-electron chi connectivity index (χ3n) is 1.93. The highest BCUT2D eigenvalue weighted by molar-refractivity contribution is 5.60. The Morgan fingerprint density at radius 3 is 2.93 bits per heavy atom. The molecule has 0 saturated carbocycles. The molecule has 1 rings (SSSR count). The molecule has 0 N–H and O–H groups in total. The van der Waals surface area contributed by atoms with E-state index in [4.69, 9.17) is 10.00 Å². The van der Waals surface area contributed by atoms with Gasteiger partial charge >= 0.3 is 0 Å². The minimum absolute atomic E-state index is 0.391. The fourth-order valence-electron chi connectivity index (χ4n) is 1.34. The lowest BCUT2D eigenvalue weighted by Crippen LogP contribution is -1.96. The van der Waals surface area contributed by atoms with E-state index in [9.17, 15) is 0 Å². The predicted octanol–water partition coefficient (Wildman–Crippen LogP) is 2.79. The fourth-order valence-corrected chi connectivity index (χ4v) is 1.34. The molecule has 0 aliphatic heterocycles. The van der Waals surface area contributed by atoms with Gasteiger partial charge in [-0.2, -0.15) is 5.26 Å². The summed E-state index contributed by atoms with van der Waals surface area (Å²) in [6.07, 6.45) is 2.12. The lowest BCUT2D eigenvalue weighted by Gasteiger charge is -2.09. The molecule has 0 fully saturated rings. The highest BCUT2D eigenvalue weighted by Crippen LogP contribution is 2.23. The van der Waals surface area contributed by atoms with Gasteiger partial charge in [0.25, 0.3) is 0 Å². The van der Waals surface area contributed by atoms with Crippen molar-refractivity contribution in [3.63, 3.8) is 0 Å². The number of hydrogen-bond acceptors (Lipinski definition) is 2. The second-order valence-electron chi connectivity index (χ2n) is 2.80. The van der Waals surface area contributed by atoms with Crippen LogP contribution in [0.1, 0.15) is 18.1 Å². The lowest BCUT2D eigenvalue weighted by molar-refractivity contribution is 0.339. The first kappa shape index (κ1) is 10.3. The average molecular weight is 187 g/mol. The second-order valence-corrected chi connectivity index (χ2v) is 2.80. The van der Waals surface area contributed by atoms with Gasteiger partial charge in [-0.1, -0.05) is 24.8 Å². The van der Waals surface area contributed by atoms with Gasteiger partial charge in [0.05, 0.1) is 19.1 Å². The molecule has 72 valence electrons. The number of benzene rings is 1. The van der Waals surface area contributed by atoms with Crippen LogP contribution in [0.4, 0.5) is 0 Å². The van der Waals surface area contributed by atoms with Gasteiger partial charge in [0.2, 0.25) is 0 Å². The quantitative estimate of drug-likeness (QED) is 0.726. The molecule has 0 unspecified atom stereocenters. The zero-order valence-corrected chi connectivity index (χ0v) is 8.29. The van der Waals surface area contributed by atoms with E-state index in [1.807, 2.05) is 25.1 Å². The summed E-state index contributed by atoms with van der Waals surface area (Å²) in [5, 5.41) is 8.64. The topological polar surface area (TPSA) is 33.0 Å². The summed E-state index contributed by atoms with van der Waals surface area (Å²) >= 11 is 0. The molecule has 1 aromatic carbocycles. The largest absolute Gasteiger partial charge is 0.493 e. The summed E-state index contributed by atoms with van der Waals surface area (Å²) in [6.45, 7) is 6.28. The SMILES string of the molecule is C=Cc1c(CC#N)cccc1OCC. The second kappa shape index (κ2) is 5.08. The van der Waals surface area contributed by atoms with E-state index in [2.05, 4.69) is 12.6 Å². The number of nitriles is 1. The van der Waals surface area contributed by atoms with Gasteiger partial charge in [-0.25, -0.2) is 0 Å². The first-order chi connectivity index (χ1) is 6.83. The Bertz CT molecular complexity index is 363. The van der Waals surface area contributed by atoms with Crippen LogP contribution in [0, 0.1) is 11.3 Å². The number of nitrogens with zero attached hydrogens (tertiary/aromatic N) is 1. The molecule has 0 aliphatic carbocycles. The third-order valence-corrected chi connectivity index (χ3v) is 1.93. The first-order valence-corrected chi connectivity index (χ1v) is 4.57. The Labute approximate surface area is 84.4 Å². The predicted molar refractivity (Wildman–Crippen MR) is 57.0 cm³/mol. The van der Waals surface area contributed by atoms with Crippen LogP contribution in [0.15, 0.2) is 24.8 Å². The monoisotopic (exact) mass is 187 g/mol. The summed E-state index contributed by atoms with van der Waals surface area (Å²) < 4.78 is 5.43. The smallest absolute Gasteiger partial charge is 0.126 e. The molecule has 14 heavy (non-hydrogen) atoms. The van der Waals surface area contributed by atoms with Crippen LogP contribution in [0.25, 0.3) is 6.08 Å². The molecule has 0 aliphatic rings. The summed E-state index contributed by atoms with van der Waals surface area (Å²) in [7, 11) is 0. The van der Waals surface area contributed by atoms with E-state index in [-0.39, 0.29) is 0 Å². The Hall–Kier alpha value is -1.75. The van der Waals surface area contributed by atoms with Crippen LogP contribution >= 0.6 is 0 Å². The molecule has 2 nitrogen and oxygen atoms in total. The number of rotatable bonds is 4. The van der Waals surface area contributed by atoms with E-state index >= 15 is 0 Å². The van der Waals surface area contributed by atoms with E-state index in [0.717, 1.165) is 16.9 Å². The van der Waals surface area contributed by atoms with Gasteiger partial charge in [0.15, 0.2) is 0 Å². The van der Waals surface area contributed by atoms with Crippen molar-refractivity contribution in [2.75, 3.05) is 6.61 Å². The highest BCUT2D eigenvalue weighted by atomic mass is 16.5. The van der Waals surface area contributed by atoms with E-state index in [0.29, 0.717) is 13.0 Å². The van der Waals surface area contributed by atoms with Crippen molar-refractivity contribution >= 4 is 6.08 Å². The van der Waals surface area contributed by atoms with E-state index in [1.54, 1.807) is 6.08 Å². The van der Waals surface area contributed by atoms with Crippen LogP contribution in [-0.2, 0) is 6.42 Å². The summed E-state index contributed by atoms with van der Waals surface area (Å²) in [5.41, 5.74) is 1.89. The molecular weight excluding hydrogens is 174 g/mol. The standard InChI is InChI=1S/C12H13NO/c1-3-11-10(8-9-13)6-5-7-12(11)14-4-2/h3,5-7H,1,4,8H2,2H3. The minimum Gasteiger partial charge on any atom is -0.493 e. The molecule has 0 radical (unpaired) electrons. The van der Waals surface area contributed by atoms with Crippen LogP contribution in [-0.4, -0.2) is 6.61 Å². The van der Waals surface area contributed by atoms with Gasteiger partial charge in [0, 0.05) is 5.56 Å². The first-order valence-electron chi connectivity index (χ1n) is 4.57. The third kappa shape index (κ3) is 2.14. The minimum atomic E-state index is 0.391. The van der Waals surface area contributed by atoms with Crippen molar-refractivity contribution in [3.8, 4) is 11.8 Å². The van der Waals surface area contributed by atoms with Gasteiger partial charge in [-0.15, -0.1) is 0 Å². The van der Waals surface area contributed by atoms with Crippen LogP contribution in [0.3, 0.4) is 0 Å². The molecule has 0 heterocycles. The molecule has 1 aromatic rings. The van der Waals surface area contributed by atoms with Crippen molar-refractivity contribution < 1.29 is 4.74 Å². The molecule has 0 atom stereocenters. The van der Waals surface area contributed by atoms with Crippen molar-refractivity contribution in [3.05, 3.63) is 35.9 Å². The van der Waals surface area contributed by atoms with Crippen molar-refractivity contribution in [1.82, 2.24) is 0 Å². The Morgan fingerprint density at radius 1 is 1.57 bits per heavy atom. The van der Waals surface area contributed by atoms with Crippen molar-refractivity contribution in [2.24, 2.45) is 0 Å². The van der Waals surface area contributed by atoms with Gasteiger partial charge in [-0.3, -0.25) is 0 Å². The van der Waals surface area contributed by atoms with E-state index in [1.165, 1.54) is 0 Å². The summed E-state index contributed by atoms with van der Waals surface area (Å²) in [5.74, 6) is 0.801. The lowest BCUT2D eigenvalue weighted by atomic mass is 10.0. The molecule has 0 spiro atoms. The molecule has 0 amide bonds. The average Bonchev–Trinajstić information content (AvgIpc) is 2.19. The summed E-state index contributed by atoms with van der Waals surface area (Å²) in [6, 6.07) is 7.83. The molecule has 0 bridgehead atoms. The molecule has 0 saturated heterocycles. The zero-order valence-electron chi connectivity index (χ0n) is 8.29. The van der Waals surface area contributed by atoms with Gasteiger partial charge in [-0.05, 0) is 18.6 Å². The van der Waals surface area contributed by atoms with Crippen molar-refractivity contribution in [1.29, 1.82) is 5.26 Å². The van der Waals surface area contributed by atoms with Crippen LogP contribution < -0.4 is 4.74 Å². The normalized spacial score (nSPS) is 9.14. The maximum Gasteiger partial charge on any atom is 0.126 e. The number of hydrogen-bond donors (Lipinski definition) is 0. The van der Waals surface area contributed by atoms with Crippen LogP contribution in [0.5, 0.6) is 5.75 Å². The van der Waals surface area contributed by atoms with Crippen LogP contribution in [0.2, 0.25) is 0 Å². The zero-order chi connectivity index (χ0) is 10.4. The molecule has 2 heteroatoms. The highest BCUT2D eigenvalue weighted by Gasteiger charge is 2.04. The van der Waals surface area contributed by atoms with Gasteiger partial charge in [0.1, 0.15) is 5.75 Å². The molecule has 0 aromatic heterocycles. The Kier molecular flexibility index (Phi) is 3.75. The Balaban J connectivity index is 3.12. The fraction of sp³-hybridized carbons (Fsp3) is 0.250. The van der Waals surface area contributed by atoms with Gasteiger partial charge < -0.3 is 4.74 Å². The summed E-state index contributed by atoms with van der Waals surface area (Å²) in [4.78, 5) is 0.